The second kappa shape index (κ2) is 16.6. The van der Waals surface area contributed by atoms with E-state index in [-0.39, 0.29) is 67.9 Å². The second-order valence-electron chi connectivity index (χ2n) is 10.2. The molecule has 3 aromatic rings. The third-order valence-electron chi connectivity index (χ3n) is 6.72. The molecule has 0 unspecified atom stereocenters. The maximum Gasteiger partial charge on any atom is 0.256 e. The molecule has 0 saturated carbocycles. The monoisotopic (exact) mass is 644 g/mol. The van der Waals surface area contributed by atoms with E-state index in [1.165, 1.54) is 12.1 Å². The van der Waals surface area contributed by atoms with Crippen molar-refractivity contribution >= 4 is 54.7 Å². The van der Waals surface area contributed by atoms with Gasteiger partial charge in [-0.25, -0.2) is 14.4 Å². The molecule has 1 aliphatic rings. The SMILES string of the molecule is Cc1nc(-c2ccc(C)c(N(CC(=O)NCCNC(C)C)CC(=O)N(C)N3Cc4ccc(F)cc4C3)c2)n[nH]1.Cl.Cl.Cl. The van der Waals surface area contributed by atoms with E-state index < -0.39 is 0 Å². The number of aromatic nitrogens is 3. The first-order valence-electron chi connectivity index (χ1n) is 13.1. The molecule has 0 spiro atoms. The number of hydrogen-bond acceptors (Lipinski definition) is 7. The van der Waals surface area contributed by atoms with Crippen LogP contribution in [0.4, 0.5) is 10.1 Å². The van der Waals surface area contributed by atoms with Gasteiger partial charge in [0, 0.05) is 50.5 Å². The molecule has 2 amide bonds. The Bertz CT molecular complexity index is 1340. The summed E-state index contributed by atoms with van der Waals surface area (Å²) in [5, 5.41) is 16.8. The molecule has 4 rings (SSSR count). The van der Waals surface area contributed by atoms with Gasteiger partial charge < -0.3 is 15.5 Å². The van der Waals surface area contributed by atoms with Gasteiger partial charge in [-0.1, -0.05) is 32.0 Å². The number of aromatic amines is 1. The summed E-state index contributed by atoms with van der Waals surface area (Å²) >= 11 is 0. The van der Waals surface area contributed by atoms with E-state index in [0.29, 0.717) is 43.9 Å². The maximum atomic E-state index is 13.7. The number of hydrogen-bond donors (Lipinski definition) is 3. The third kappa shape index (κ3) is 9.53. The second-order valence-corrected chi connectivity index (χ2v) is 10.2. The topological polar surface area (TPSA) is 109 Å². The van der Waals surface area contributed by atoms with Crippen LogP contribution in [0.1, 0.15) is 36.4 Å². The minimum absolute atomic E-state index is 0. The zero-order chi connectivity index (χ0) is 28.1. The van der Waals surface area contributed by atoms with Crippen LogP contribution in [0.2, 0.25) is 0 Å². The molecular weight excluding hydrogens is 606 g/mol. The predicted molar refractivity (Wildman–Crippen MR) is 170 cm³/mol. The number of likely N-dealkylation sites (N-methyl/N-ethyl adjacent to an activating group) is 1. The Morgan fingerprint density at radius 1 is 1.02 bits per heavy atom. The van der Waals surface area contributed by atoms with E-state index in [0.717, 1.165) is 27.9 Å². The molecule has 10 nitrogen and oxygen atoms in total. The van der Waals surface area contributed by atoms with Gasteiger partial charge in [0.25, 0.3) is 5.91 Å². The van der Waals surface area contributed by atoms with Crippen LogP contribution >= 0.6 is 37.2 Å². The maximum absolute atomic E-state index is 13.7. The number of aryl methyl sites for hydroxylation is 2. The number of anilines is 1. The van der Waals surface area contributed by atoms with Gasteiger partial charge >= 0.3 is 0 Å². The molecule has 232 valence electrons. The molecule has 2 heterocycles. The van der Waals surface area contributed by atoms with Gasteiger partial charge in [-0.15, -0.1) is 37.2 Å². The fraction of sp³-hybridized carbons (Fsp3) is 0.429. The molecular formula is C28H40Cl3FN8O2. The van der Waals surface area contributed by atoms with Crippen molar-refractivity contribution in [3.05, 3.63) is 64.7 Å². The molecule has 1 aliphatic heterocycles. The Hall–Kier alpha value is -2.96. The Kier molecular flexibility index (Phi) is 14.7. The number of fused-ring (bicyclic) bond motifs is 1. The van der Waals surface area contributed by atoms with Gasteiger partial charge in [-0.05, 0) is 48.7 Å². The van der Waals surface area contributed by atoms with Crippen LogP contribution in [0.15, 0.2) is 36.4 Å². The number of nitrogens with zero attached hydrogens (tertiary/aromatic N) is 5. The Morgan fingerprint density at radius 2 is 1.74 bits per heavy atom. The Balaban J connectivity index is 0.00000294. The van der Waals surface area contributed by atoms with E-state index in [4.69, 9.17) is 0 Å². The lowest BCUT2D eigenvalue weighted by Crippen LogP contribution is -2.48. The van der Waals surface area contributed by atoms with Crippen LogP contribution in [-0.2, 0) is 22.7 Å². The number of benzene rings is 2. The number of hydrazine groups is 1. The smallest absolute Gasteiger partial charge is 0.256 e. The van der Waals surface area contributed by atoms with E-state index >= 15 is 0 Å². The summed E-state index contributed by atoms with van der Waals surface area (Å²) < 4.78 is 13.7. The minimum Gasteiger partial charge on any atom is -0.353 e. The van der Waals surface area contributed by atoms with Crippen LogP contribution in [0, 0.1) is 19.7 Å². The van der Waals surface area contributed by atoms with Crippen molar-refractivity contribution in [3.63, 3.8) is 0 Å². The lowest BCUT2D eigenvalue weighted by atomic mass is 10.1. The highest BCUT2D eigenvalue weighted by molar-refractivity contribution is 5.87. The summed E-state index contributed by atoms with van der Waals surface area (Å²) in [5.41, 5.74) is 4.31. The normalized spacial score (nSPS) is 12.1. The number of amides is 2. The van der Waals surface area contributed by atoms with Crippen LogP contribution in [-0.4, -0.2) is 76.3 Å². The van der Waals surface area contributed by atoms with Crippen LogP contribution in [0.3, 0.4) is 0 Å². The fourth-order valence-corrected chi connectivity index (χ4v) is 4.56. The van der Waals surface area contributed by atoms with Crippen LogP contribution < -0.4 is 15.5 Å². The van der Waals surface area contributed by atoms with Crippen LogP contribution in [0.25, 0.3) is 11.4 Å². The van der Waals surface area contributed by atoms with Crippen molar-refractivity contribution in [3.8, 4) is 11.4 Å². The molecule has 14 heteroatoms. The number of carbonyl (C=O) groups is 2. The minimum atomic E-state index is -0.290. The van der Waals surface area contributed by atoms with Crippen molar-refractivity contribution in [2.45, 2.75) is 46.8 Å². The highest BCUT2D eigenvalue weighted by Crippen LogP contribution is 2.28. The van der Waals surface area contributed by atoms with Gasteiger partial charge in [-0.3, -0.25) is 19.7 Å². The zero-order valence-corrected chi connectivity index (χ0v) is 26.9. The summed E-state index contributed by atoms with van der Waals surface area (Å²) in [7, 11) is 1.71. The standard InChI is InChI=1S/C28H37FN8O2.3ClH/c1-18(2)30-10-11-31-26(38)16-36(25-13-21(7-6-19(25)3)28-32-20(4)33-34-28)17-27(39)35(5)37-14-22-8-9-24(29)12-23(22)15-37;;;/h6-9,12-13,18,30H,10-11,14-17H2,1-5H3,(H,31,38)(H,32,33,34);3*1H. The predicted octanol–water partition coefficient (Wildman–Crippen LogP) is 3.80. The lowest BCUT2D eigenvalue weighted by Gasteiger charge is -2.32. The van der Waals surface area contributed by atoms with E-state index in [1.54, 1.807) is 23.0 Å². The Labute approximate surface area is 265 Å². The number of rotatable bonds is 11. The van der Waals surface area contributed by atoms with Crippen molar-refractivity contribution < 1.29 is 14.0 Å². The first kappa shape index (κ1) is 37.1. The van der Waals surface area contributed by atoms with E-state index in [2.05, 4.69) is 25.8 Å². The quantitative estimate of drug-likeness (QED) is 0.272. The largest absolute Gasteiger partial charge is 0.353 e. The van der Waals surface area contributed by atoms with Crippen molar-refractivity contribution in [1.29, 1.82) is 0 Å². The van der Waals surface area contributed by atoms with Crippen LogP contribution in [0.5, 0.6) is 0 Å². The third-order valence-corrected chi connectivity index (χ3v) is 6.72. The molecule has 42 heavy (non-hydrogen) atoms. The zero-order valence-electron chi connectivity index (χ0n) is 24.4. The van der Waals surface area contributed by atoms with Crippen molar-refractivity contribution in [2.24, 2.45) is 0 Å². The van der Waals surface area contributed by atoms with E-state index in [9.17, 15) is 14.0 Å². The highest BCUT2D eigenvalue weighted by Gasteiger charge is 2.27. The molecule has 0 bridgehead atoms. The van der Waals surface area contributed by atoms with Gasteiger partial charge in [0.15, 0.2) is 5.82 Å². The fourth-order valence-electron chi connectivity index (χ4n) is 4.56. The first-order chi connectivity index (χ1) is 18.6. The highest BCUT2D eigenvalue weighted by atomic mass is 35.5. The lowest BCUT2D eigenvalue weighted by molar-refractivity contribution is -0.145. The number of halogens is 4. The molecule has 0 atom stereocenters. The number of carbonyl (C=O) groups excluding carboxylic acids is 2. The summed E-state index contributed by atoms with van der Waals surface area (Å²) in [6, 6.07) is 10.8. The van der Waals surface area contributed by atoms with E-state index in [1.807, 2.05) is 50.9 Å². The van der Waals surface area contributed by atoms with Gasteiger partial charge in [0.2, 0.25) is 5.91 Å². The Morgan fingerprint density at radius 3 is 2.40 bits per heavy atom. The molecule has 0 radical (unpaired) electrons. The summed E-state index contributed by atoms with van der Waals surface area (Å²) in [5.74, 6) is 0.585. The molecule has 1 aromatic heterocycles. The van der Waals surface area contributed by atoms with Crippen molar-refractivity contribution in [1.82, 2.24) is 35.8 Å². The average molecular weight is 646 g/mol. The number of nitrogens with one attached hydrogen (secondary N) is 3. The van der Waals surface area contributed by atoms with Gasteiger partial charge in [0.1, 0.15) is 11.6 Å². The molecule has 3 N–H and O–H groups in total. The first-order valence-corrected chi connectivity index (χ1v) is 13.1. The molecule has 0 fully saturated rings. The summed E-state index contributed by atoms with van der Waals surface area (Å²) in [6.45, 7) is 9.94. The summed E-state index contributed by atoms with van der Waals surface area (Å²) in [6.07, 6.45) is 0. The average Bonchev–Trinajstić information content (AvgIpc) is 3.51. The summed E-state index contributed by atoms with van der Waals surface area (Å²) in [4.78, 5) is 32.7. The van der Waals surface area contributed by atoms with Gasteiger partial charge in [-0.2, -0.15) is 5.10 Å². The van der Waals surface area contributed by atoms with Gasteiger partial charge in [0.05, 0.1) is 13.1 Å². The molecule has 2 aromatic carbocycles. The number of H-pyrrole nitrogens is 1. The van der Waals surface area contributed by atoms with Crippen molar-refractivity contribution in [2.75, 3.05) is 38.1 Å². The molecule has 0 aliphatic carbocycles. The molecule has 0 saturated heterocycles.